The van der Waals surface area contributed by atoms with Gasteiger partial charge in [0, 0.05) is 5.39 Å². The fourth-order valence-electron chi connectivity index (χ4n) is 1.87. The maximum absolute atomic E-state index is 11.7. The van der Waals surface area contributed by atoms with E-state index in [-0.39, 0.29) is 17.9 Å². The van der Waals surface area contributed by atoms with E-state index in [1.54, 1.807) is 0 Å². The van der Waals surface area contributed by atoms with Crippen LogP contribution in [0, 0.1) is 5.41 Å². The first-order chi connectivity index (χ1) is 10.8. The molecule has 0 aliphatic heterocycles. The Morgan fingerprint density at radius 1 is 1.17 bits per heavy atom. The predicted octanol–water partition coefficient (Wildman–Crippen LogP) is 4.86. The Morgan fingerprint density at radius 3 is 2.61 bits per heavy atom. The Kier molecular flexibility index (Phi) is 6.23. The van der Waals surface area contributed by atoms with Gasteiger partial charge in [0.25, 0.3) is 7.65 Å². The highest BCUT2D eigenvalue weighted by Gasteiger charge is 2.16. The number of carbonyl (C=O) groups excluding carboxylic acids is 1. The van der Waals surface area contributed by atoms with E-state index >= 15 is 0 Å². The number of carbonyl (C=O) groups is 1. The molecule has 6 heteroatoms. The standard InChI is InChI=1S/C17H21ClNO3P/c1-17(2,3)12-21-16(20)11-19-23(18)22-15-10-6-8-13-7-4-5-9-14(13)15/h4-10,19H,11-12H2,1-3H3. The van der Waals surface area contributed by atoms with Crippen molar-refractivity contribution in [3.8, 4) is 5.75 Å². The topological polar surface area (TPSA) is 47.6 Å². The highest BCUT2D eigenvalue weighted by Crippen LogP contribution is 2.41. The van der Waals surface area contributed by atoms with Crippen molar-refractivity contribution < 1.29 is 14.1 Å². The van der Waals surface area contributed by atoms with E-state index in [0.29, 0.717) is 12.4 Å². The second-order valence-electron chi connectivity index (χ2n) is 6.37. The lowest BCUT2D eigenvalue weighted by Crippen LogP contribution is -2.25. The van der Waals surface area contributed by atoms with E-state index < -0.39 is 7.65 Å². The molecule has 1 atom stereocenters. The van der Waals surface area contributed by atoms with Gasteiger partial charge >= 0.3 is 5.97 Å². The fourth-order valence-corrected chi connectivity index (χ4v) is 2.92. The Morgan fingerprint density at radius 2 is 1.87 bits per heavy atom. The van der Waals surface area contributed by atoms with Gasteiger partial charge in [-0.2, -0.15) is 0 Å². The van der Waals surface area contributed by atoms with Crippen molar-refractivity contribution in [2.75, 3.05) is 13.2 Å². The second-order valence-corrected chi connectivity index (χ2v) is 8.28. The van der Waals surface area contributed by atoms with Gasteiger partial charge in [-0.15, -0.1) is 0 Å². The lowest BCUT2D eigenvalue weighted by Gasteiger charge is -2.18. The zero-order chi connectivity index (χ0) is 16.9. The maximum atomic E-state index is 11.7. The highest BCUT2D eigenvalue weighted by atomic mass is 35.7. The third-order valence-corrected chi connectivity index (χ3v) is 4.27. The summed E-state index contributed by atoms with van der Waals surface area (Å²) in [6.07, 6.45) is 0. The van der Waals surface area contributed by atoms with Gasteiger partial charge in [0.15, 0.2) is 0 Å². The zero-order valence-corrected chi connectivity index (χ0v) is 15.2. The molecule has 0 fully saturated rings. The molecule has 2 aromatic carbocycles. The summed E-state index contributed by atoms with van der Waals surface area (Å²) in [6.45, 7) is 6.41. The number of hydrogen-bond donors (Lipinski definition) is 1. The van der Waals surface area contributed by atoms with Gasteiger partial charge in [0.05, 0.1) is 6.61 Å². The number of fused-ring (bicyclic) bond motifs is 1. The lowest BCUT2D eigenvalue weighted by atomic mass is 9.99. The minimum Gasteiger partial charge on any atom is -0.464 e. The van der Waals surface area contributed by atoms with Crippen molar-refractivity contribution in [3.63, 3.8) is 0 Å². The summed E-state index contributed by atoms with van der Waals surface area (Å²) >= 11 is 6.17. The van der Waals surface area contributed by atoms with Crippen LogP contribution in [0.4, 0.5) is 0 Å². The molecule has 0 amide bonds. The molecule has 2 rings (SSSR count). The number of halogens is 1. The molecule has 0 saturated carbocycles. The van der Waals surface area contributed by atoms with Gasteiger partial charge in [-0.1, -0.05) is 57.2 Å². The smallest absolute Gasteiger partial charge is 0.320 e. The van der Waals surface area contributed by atoms with Crippen LogP contribution >= 0.6 is 18.9 Å². The second kappa shape index (κ2) is 7.96. The molecule has 4 nitrogen and oxygen atoms in total. The van der Waals surface area contributed by atoms with Crippen LogP contribution in [-0.2, 0) is 9.53 Å². The number of hydrogen-bond acceptors (Lipinski definition) is 4. The molecule has 0 aliphatic carbocycles. The van der Waals surface area contributed by atoms with Crippen LogP contribution in [0.3, 0.4) is 0 Å². The number of nitrogens with one attached hydrogen (secondary N) is 1. The van der Waals surface area contributed by atoms with Crippen molar-refractivity contribution in [1.29, 1.82) is 0 Å². The van der Waals surface area contributed by atoms with E-state index in [1.165, 1.54) is 0 Å². The highest BCUT2D eigenvalue weighted by molar-refractivity contribution is 7.78. The monoisotopic (exact) mass is 353 g/mol. The van der Waals surface area contributed by atoms with Crippen LogP contribution in [0.2, 0.25) is 0 Å². The molecule has 2 aromatic rings. The van der Waals surface area contributed by atoms with Gasteiger partial charge in [-0.3, -0.25) is 4.79 Å². The van der Waals surface area contributed by atoms with Gasteiger partial charge < -0.3 is 9.26 Å². The van der Waals surface area contributed by atoms with E-state index in [4.69, 9.17) is 20.5 Å². The normalized spacial score (nSPS) is 12.9. The lowest BCUT2D eigenvalue weighted by molar-refractivity contribution is -0.144. The summed E-state index contributed by atoms with van der Waals surface area (Å²) in [4.78, 5) is 11.7. The summed E-state index contributed by atoms with van der Waals surface area (Å²) in [5, 5.41) is 4.93. The molecule has 0 saturated heterocycles. The van der Waals surface area contributed by atoms with Gasteiger partial charge in [-0.05, 0) is 28.1 Å². The fraction of sp³-hybridized carbons (Fsp3) is 0.353. The van der Waals surface area contributed by atoms with Crippen LogP contribution in [0.15, 0.2) is 42.5 Å². The molecule has 0 radical (unpaired) electrons. The number of ether oxygens (including phenoxy) is 1. The SMILES string of the molecule is CC(C)(C)COC(=O)CNP(Cl)Oc1cccc2ccccc12. The molecule has 124 valence electrons. The van der Waals surface area contributed by atoms with E-state index in [9.17, 15) is 4.79 Å². The first-order valence-electron chi connectivity index (χ1n) is 7.36. The number of benzene rings is 2. The van der Waals surface area contributed by atoms with Crippen LogP contribution < -0.4 is 9.61 Å². The van der Waals surface area contributed by atoms with Crippen molar-refractivity contribution in [2.45, 2.75) is 20.8 Å². The van der Waals surface area contributed by atoms with Crippen molar-refractivity contribution in [2.24, 2.45) is 5.41 Å². The minimum absolute atomic E-state index is 0.0239. The molecule has 0 aromatic heterocycles. The Labute approximate surface area is 142 Å². The summed E-state index contributed by atoms with van der Waals surface area (Å²) in [5.74, 6) is 0.356. The Hall–Kier alpha value is -1.35. The molecule has 1 unspecified atom stereocenters. The summed E-state index contributed by atoms with van der Waals surface area (Å²) < 4.78 is 10.9. The summed E-state index contributed by atoms with van der Waals surface area (Å²) in [5.41, 5.74) is -0.0547. The maximum Gasteiger partial charge on any atom is 0.320 e. The molecular weight excluding hydrogens is 333 g/mol. The molecule has 0 bridgehead atoms. The first kappa shape index (κ1) is 18.0. The Bertz CT molecular complexity index is 667. The summed E-state index contributed by atoms with van der Waals surface area (Å²) in [6, 6.07) is 13.7. The molecule has 0 spiro atoms. The van der Waals surface area contributed by atoms with Crippen LogP contribution in [0.1, 0.15) is 20.8 Å². The van der Waals surface area contributed by atoms with E-state index in [0.717, 1.165) is 10.8 Å². The quantitative estimate of drug-likeness (QED) is 0.595. The molecular formula is C17H21ClNO3P. The van der Waals surface area contributed by atoms with Gasteiger partial charge in [0.1, 0.15) is 12.3 Å². The van der Waals surface area contributed by atoms with Crippen molar-refractivity contribution >= 4 is 35.6 Å². The average Bonchev–Trinajstić information content (AvgIpc) is 2.50. The number of esters is 1. The van der Waals surface area contributed by atoms with Crippen LogP contribution in [-0.4, -0.2) is 19.1 Å². The van der Waals surface area contributed by atoms with Gasteiger partial charge in [-0.25, -0.2) is 5.09 Å². The first-order valence-corrected chi connectivity index (χ1v) is 9.52. The van der Waals surface area contributed by atoms with Crippen LogP contribution in [0.5, 0.6) is 5.75 Å². The molecule has 0 aliphatic rings. The Balaban J connectivity index is 1.87. The van der Waals surface area contributed by atoms with Crippen molar-refractivity contribution in [1.82, 2.24) is 5.09 Å². The van der Waals surface area contributed by atoms with Crippen molar-refractivity contribution in [3.05, 3.63) is 42.5 Å². The number of rotatable bonds is 6. The van der Waals surface area contributed by atoms with E-state index in [1.807, 2.05) is 63.2 Å². The third kappa shape index (κ3) is 5.98. The zero-order valence-electron chi connectivity index (χ0n) is 13.5. The molecule has 23 heavy (non-hydrogen) atoms. The largest absolute Gasteiger partial charge is 0.464 e. The van der Waals surface area contributed by atoms with E-state index in [2.05, 4.69) is 5.09 Å². The summed E-state index contributed by atoms with van der Waals surface area (Å²) in [7, 11) is -1.48. The van der Waals surface area contributed by atoms with Gasteiger partial charge in [0.2, 0.25) is 0 Å². The molecule has 1 N–H and O–H groups in total. The van der Waals surface area contributed by atoms with Crippen LogP contribution in [0.25, 0.3) is 10.8 Å². The minimum atomic E-state index is -1.48. The predicted molar refractivity (Wildman–Crippen MR) is 95.8 cm³/mol. The average molecular weight is 354 g/mol. The third-order valence-electron chi connectivity index (χ3n) is 2.94. The molecule has 0 heterocycles.